The Kier molecular flexibility index (Phi) is 7.99. The van der Waals surface area contributed by atoms with E-state index in [9.17, 15) is 0 Å². The van der Waals surface area contributed by atoms with Gasteiger partial charge < -0.3 is 5.32 Å². The molecule has 0 aromatic rings. The van der Waals surface area contributed by atoms with Crippen LogP contribution in [0.5, 0.6) is 0 Å². The van der Waals surface area contributed by atoms with Gasteiger partial charge in [-0.2, -0.15) is 0 Å². The number of hydrogen-bond acceptors (Lipinski definition) is 1. The number of hydrogen-bond donors (Lipinski definition) is 1. The Hall–Kier alpha value is -0.0400. The van der Waals surface area contributed by atoms with Crippen LogP contribution in [-0.4, -0.2) is 12.6 Å². The molecule has 0 amide bonds. The maximum atomic E-state index is 3.71. The van der Waals surface area contributed by atoms with Crippen molar-refractivity contribution >= 4 is 0 Å². The first-order valence-corrected chi connectivity index (χ1v) is 7.17. The molecule has 1 atom stereocenters. The molecule has 90 valence electrons. The van der Waals surface area contributed by atoms with Crippen molar-refractivity contribution in [3.05, 3.63) is 0 Å². The molecule has 1 heterocycles. The molecule has 1 N–H and O–H groups in total. The summed E-state index contributed by atoms with van der Waals surface area (Å²) in [5.41, 5.74) is 0. The monoisotopic (exact) mass is 211 g/mol. The lowest BCUT2D eigenvalue weighted by Gasteiger charge is -2.16. The molecule has 0 spiro atoms. The second-order valence-corrected chi connectivity index (χ2v) is 5.03. The first-order valence-electron chi connectivity index (χ1n) is 7.17. The van der Waals surface area contributed by atoms with Gasteiger partial charge in [0.2, 0.25) is 0 Å². The predicted molar refractivity (Wildman–Crippen MR) is 68.3 cm³/mol. The van der Waals surface area contributed by atoms with E-state index in [0.717, 1.165) is 6.04 Å². The van der Waals surface area contributed by atoms with Crippen LogP contribution in [-0.2, 0) is 0 Å². The Labute approximate surface area is 96.0 Å². The summed E-state index contributed by atoms with van der Waals surface area (Å²) in [6.07, 6.45) is 15.8. The highest BCUT2D eigenvalue weighted by molar-refractivity contribution is 4.65. The second-order valence-electron chi connectivity index (χ2n) is 5.03. The van der Waals surface area contributed by atoms with E-state index in [1.54, 1.807) is 0 Å². The highest BCUT2D eigenvalue weighted by Gasteiger charge is 2.05. The molecule has 1 rings (SSSR count). The third kappa shape index (κ3) is 6.94. The predicted octanol–water partition coefficient (Wildman–Crippen LogP) is 4.27. The van der Waals surface area contributed by atoms with E-state index in [-0.39, 0.29) is 0 Å². The van der Waals surface area contributed by atoms with Crippen LogP contribution in [0, 0.1) is 0 Å². The van der Waals surface area contributed by atoms with Crippen LogP contribution in [0.15, 0.2) is 0 Å². The highest BCUT2D eigenvalue weighted by Crippen LogP contribution is 2.13. The summed E-state index contributed by atoms with van der Waals surface area (Å²) in [6, 6.07) is 0.797. The van der Waals surface area contributed by atoms with Crippen LogP contribution >= 0.6 is 0 Å². The average Bonchev–Trinajstić information content (AvgIpc) is 2.29. The van der Waals surface area contributed by atoms with E-state index in [4.69, 9.17) is 0 Å². The van der Waals surface area contributed by atoms with Crippen molar-refractivity contribution in [3.63, 3.8) is 0 Å². The van der Waals surface area contributed by atoms with Gasteiger partial charge in [0, 0.05) is 6.04 Å². The van der Waals surface area contributed by atoms with Gasteiger partial charge in [0.15, 0.2) is 0 Å². The molecule has 1 aliphatic heterocycles. The average molecular weight is 211 g/mol. The van der Waals surface area contributed by atoms with Crippen LogP contribution in [0.1, 0.15) is 77.6 Å². The van der Waals surface area contributed by atoms with Crippen LogP contribution in [0.4, 0.5) is 0 Å². The molecule has 1 fully saturated rings. The fourth-order valence-corrected chi connectivity index (χ4v) is 2.51. The van der Waals surface area contributed by atoms with Gasteiger partial charge in [0.05, 0.1) is 0 Å². The highest BCUT2D eigenvalue weighted by atomic mass is 14.9. The summed E-state index contributed by atoms with van der Waals surface area (Å²) in [5.74, 6) is 0. The molecule has 1 unspecified atom stereocenters. The number of nitrogens with one attached hydrogen (secondary N) is 1. The largest absolute Gasteiger partial charge is 0.314 e. The molecule has 0 aromatic heterocycles. The van der Waals surface area contributed by atoms with Crippen molar-refractivity contribution in [2.45, 2.75) is 83.6 Å². The van der Waals surface area contributed by atoms with E-state index >= 15 is 0 Å². The van der Waals surface area contributed by atoms with Crippen LogP contribution < -0.4 is 5.32 Å². The lowest BCUT2D eigenvalue weighted by Crippen LogP contribution is -2.29. The number of rotatable bonds is 1. The maximum absolute atomic E-state index is 3.71. The minimum atomic E-state index is 0.797. The van der Waals surface area contributed by atoms with Gasteiger partial charge in [0.25, 0.3) is 0 Å². The summed E-state index contributed by atoms with van der Waals surface area (Å²) in [4.78, 5) is 0. The van der Waals surface area contributed by atoms with Crippen molar-refractivity contribution in [3.8, 4) is 0 Å². The fraction of sp³-hybridized carbons (Fsp3) is 1.00. The molecule has 0 bridgehead atoms. The lowest BCUT2D eigenvalue weighted by atomic mass is 10.0. The maximum Gasteiger partial charge on any atom is 0.00644 e. The Morgan fingerprint density at radius 2 is 1.33 bits per heavy atom. The molecule has 1 nitrogen and oxygen atoms in total. The Morgan fingerprint density at radius 1 is 0.800 bits per heavy atom. The smallest absolute Gasteiger partial charge is 0.00644 e. The third-order valence-electron chi connectivity index (χ3n) is 3.66. The molecule has 1 saturated heterocycles. The van der Waals surface area contributed by atoms with Crippen molar-refractivity contribution in [2.75, 3.05) is 6.54 Å². The van der Waals surface area contributed by atoms with Gasteiger partial charge in [-0.25, -0.2) is 0 Å². The van der Waals surface area contributed by atoms with Gasteiger partial charge in [-0.05, 0) is 25.8 Å². The second kappa shape index (κ2) is 9.21. The summed E-state index contributed by atoms with van der Waals surface area (Å²) in [7, 11) is 0. The Balaban J connectivity index is 2.17. The topological polar surface area (TPSA) is 12.0 Å². The van der Waals surface area contributed by atoms with Crippen molar-refractivity contribution in [1.82, 2.24) is 5.32 Å². The first kappa shape index (κ1) is 13.0. The summed E-state index contributed by atoms with van der Waals surface area (Å²) < 4.78 is 0. The van der Waals surface area contributed by atoms with E-state index in [1.807, 2.05) is 0 Å². The summed E-state index contributed by atoms with van der Waals surface area (Å²) in [5, 5.41) is 3.71. The van der Waals surface area contributed by atoms with Crippen molar-refractivity contribution < 1.29 is 0 Å². The van der Waals surface area contributed by atoms with Crippen LogP contribution in [0.2, 0.25) is 0 Å². The quantitative estimate of drug-likeness (QED) is 0.683. The molecule has 0 saturated carbocycles. The van der Waals surface area contributed by atoms with E-state index in [1.165, 1.54) is 77.2 Å². The molecular formula is C14H29N. The van der Waals surface area contributed by atoms with E-state index < -0.39 is 0 Å². The summed E-state index contributed by atoms with van der Waals surface area (Å²) >= 11 is 0. The molecular weight excluding hydrogens is 182 g/mol. The van der Waals surface area contributed by atoms with E-state index in [0.29, 0.717) is 0 Å². The zero-order chi connectivity index (χ0) is 10.8. The zero-order valence-corrected chi connectivity index (χ0v) is 10.6. The van der Waals surface area contributed by atoms with Crippen LogP contribution in [0.3, 0.4) is 0 Å². The molecule has 1 heteroatoms. The zero-order valence-electron chi connectivity index (χ0n) is 10.6. The molecule has 1 aliphatic rings. The van der Waals surface area contributed by atoms with Gasteiger partial charge >= 0.3 is 0 Å². The minimum Gasteiger partial charge on any atom is -0.314 e. The van der Waals surface area contributed by atoms with E-state index in [2.05, 4.69) is 12.2 Å². The SMILES string of the molecule is CCC1CCCCCCCCCCCN1. The fourth-order valence-electron chi connectivity index (χ4n) is 2.51. The van der Waals surface area contributed by atoms with Gasteiger partial charge in [-0.15, -0.1) is 0 Å². The lowest BCUT2D eigenvalue weighted by molar-refractivity contribution is 0.440. The van der Waals surface area contributed by atoms with Gasteiger partial charge in [-0.1, -0.05) is 58.3 Å². The Morgan fingerprint density at radius 3 is 1.93 bits per heavy atom. The third-order valence-corrected chi connectivity index (χ3v) is 3.66. The molecule has 0 aromatic carbocycles. The van der Waals surface area contributed by atoms with Gasteiger partial charge in [-0.3, -0.25) is 0 Å². The molecule has 0 radical (unpaired) electrons. The van der Waals surface area contributed by atoms with Crippen molar-refractivity contribution in [1.29, 1.82) is 0 Å². The van der Waals surface area contributed by atoms with Gasteiger partial charge in [0.1, 0.15) is 0 Å². The first-order chi connectivity index (χ1) is 7.43. The molecule has 0 aliphatic carbocycles. The standard InChI is InChI=1S/C14H29N/c1-2-14-12-10-8-6-4-3-5-7-9-11-13-15-14/h14-15H,2-13H2,1H3. The van der Waals surface area contributed by atoms with Crippen LogP contribution in [0.25, 0.3) is 0 Å². The Bertz CT molecular complexity index is 119. The molecule has 15 heavy (non-hydrogen) atoms. The van der Waals surface area contributed by atoms with Crippen molar-refractivity contribution in [2.24, 2.45) is 0 Å². The normalized spacial score (nSPS) is 27.4. The summed E-state index contributed by atoms with van der Waals surface area (Å²) in [6.45, 7) is 3.56. The minimum absolute atomic E-state index is 0.797.